The summed E-state index contributed by atoms with van der Waals surface area (Å²) in [6.45, 7) is 5.57. The summed E-state index contributed by atoms with van der Waals surface area (Å²) >= 11 is 3.33. The molecule has 16 heavy (non-hydrogen) atoms. The van der Waals surface area contributed by atoms with E-state index in [9.17, 15) is 4.79 Å². The summed E-state index contributed by atoms with van der Waals surface area (Å²) in [5.74, 6) is 0.0602. The Balaban J connectivity index is 2.90. The van der Waals surface area contributed by atoms with Crippen LogP contribution in [0.15, 0.2) is 22.7 Å². The molecule has 88 valence electrons. The van der Waals surface area contributed by atoms with Crippen molar-refractivity contribution in [3.63, 3.8) is 0 Å². The van der Waals surface area contributed by atoms with Crippen LogP contribution in [0.1, 0.15) is 30.6 Å². The molecule has 0 unspecified atom stereocenters. The van der Waals surface area contributed by atoms with E-state index in [0.717, 1.165) is 24.0 Å². The molecule has 3 nitrogen and oxygen atoms in total. The lowest BCUT2D eigenvalue weighted by molar-refractivity contribution is 0.0764. The van der Waals surface area contributed by atoms with E-state index < -0.39 is 0 Å². The van der Waals surface area contributed by atoms with Crippen LogP contribution in [0.4, 0.5) is 5.69 Å². The zero-order valence-corrected chi connectivity index (χ0v) is 11.3. The molecule has 0 heterocycles. The van der Waals surface area contributed by atoms with Gasteiger partial charge in [0.25, 0.3) is 5.91 Å². The van der Waals surface area contributed by atoms with Crippen LogP contribution in [0.3, 0.4) is 0 Å². The van der Waals surface area contributed by atoms with E-state index in [0.29, 0.717) is 11.3 Å². The number of anilines is 1. The molecule has 0 aliphatic carbocycles. The lowest BCUT2D eigenvalue weighted by Gasteiger charge is -2.20. The Morgan fingerprint density at radius 2 is 2.12 bits per heavy atom. The zero-order chi connectivity index (χ0) is 12.1. The third-order valence-electron chi connectivity index (χ3n) is 2.41. The van der Waals surface area contributed by atoms with Crippen molar-refractivity contribution in [3.05, 3.63) is 28.2 Å². The maximum atomic E-state index is 12.1. The van der Waals surface area contributed by atoms with E-state index in [-0.39, 0.29) is 5.91 Å². The quantitative estimate of drug-likeness (QED) is 0.865. The number of nitrogens with zero attached hydrogens (tertiary/aromatic N) is 1. The van der Waals surface area contributed by atoms with Gasteiger partial charge in [-0.1, -0.05) is 6.92 Å². The molecule has 2 N–H and O–H groups in total. The number of halogens is 1. The van der Waals surface area contributed by atoms with Crippen LogP contribution in [0.5, 0.6) is 0 Å². The fourth-order valence-corrected chi connectivity index (χ4v) is 1.89. The zero-order valence-electron chi connectivity index (χ0n) is 9.66. The maximum absolute atomic E-state index is 12.1. The molecule has 0 aromatic heterocycles. The normalized spacial score (nSPS) is 10.2. The molecule has 1 amide bonds. The van der Waals surface area contributed by atoms with Crippen molar-refractivity contribution in [2.24, 2.45) is 0 Å². The Morgan fingerprint density at radius 3 is 2.62 bits per heavy atom. The van der Waals surface area contributed by atoms with Crippen LogP contribution >= 0.6 is 15.9 Å². The summed E-state index contributed by atoms with van der Waals surface area (Å²) in [7, 11) is 0. The van der Waals surface area contributed by atoms with Gasteiger partial charge in [0.05, 0.1) is 0 Å². The number of hydrogen-bond acceptors (Lipinski definition) is 2. The number of carbonyl (C=O) groups is 1. The van der Waals surface area contributed by atoms with Gasteiger partial charge in [-0.25, -0.2) is 0 Å². The van der Waals surface area contributed by atoms with Gasteiger partial charge < -0.3 is 10.6 Å². The molecular formula is C12H17BrN2O. The van der Waals surface area contributed by atoms with Gasteiger partial charge >= 0.3 is 0 Å². The molecule has 0 fully saturated rings. The number of carbonyl (C=O) groups excluding carboxylic acids is 1. The molecule has 0 saturated carbocycles. The first kappa shape index (κ1) is 13.0. The van der Waals surface area contributed by atoms with Crippen LogP contribution in [0.2, 0.25) is 0 Å². The van der Waals surface area contributed by atoms with Gasteiger partial charge in [-0.3, -0.25) is 4.79 Å². The molecule has 0 aliphatic rings. The molecule has 0 bridgehead atoms. The van der Waals surface area contributed by atoms with E-state index in [1.165, 1.54) is 0 Å². The molecule has 0 radical (unpaired) electrons. The number of benzene rings is 1. The van der Waals surface area contributed by atoms with Crippen LogP contribution in [0.25, 0.3) is 0 Å². The third-order valence-corrected chi connectivity index (χ3v) is 3.10. The van der Waals surface area contributed by atoms with Crippen molar-refractivity contribution >= 4 is 27.5 Å². The fraction of sp³-hybridized carbons (Fsp3) is 0.417. The lowest BCUT2D eigenvalue weighted by Crippen LogP contribution is -2.31. The SMILES string of the molecule is CCCN(CC)C(=O)c1ccc(N)c(Br)c1. The fourth-order valence-electron chi connectivity index (χ4n) is 1.52. The highest BCUT2D eigenvalue weighted by atomic mass is 79.9. The molecule has 0 aliphatic heterocycles. The average molecular weight is 285 g/mol. The second-order valence-electron chi connectivity index (χ2n) is 3.62. The van der Waals surface area contributed by atoms with Crippen molar-refractivity contribution in [1.82, 2.24) is 4.90 Å². The van der Waals surface area contributed by atoms with Crippen LogP contribution in [-0.4, -0.2) is 23.9 Å². The summed E-state index contributed by atoms with van der Waals surface area (Å²) < 4.78 is 0.769. The smallest absolute Gasteiger partial charge is 0.253 e. The Morgan fingerprint density at radius 1 is 1.44 bits per heavy atom. The number of nitrogen functional groups attached to an aromatic ring is 1. The van der Waals surface area contributed by atoms with Gasteiger partial charge in [0.15, 0.2) is 0 Å². The maximum Gasteiger partial charge on any atom is 0.253 e. The first-order valence-corrected chi connectivity index (χ1v) is 6.23. The third kappa shape index (κ3) is 2.98. The van der Waals surface area contributed by atoms with E-state index >= 15 is 0 Å². The first-order chi connectivity index (χ1) is 7.60. The van der Waals surface area contributed by atoms with Crippen molar-refractivity contribution in [1.29, 1.82) is 0 Å². The number of rotatable bonds is 4. The molecule has 0 atom stereocenters. The topological polar surface area (TPSA) is 46.3 Å². The number of hydrogen-bond donors (Lipinski definition) is 1. The first-order valence-electron chi connectivity index (χ1n) is 5.44. The molecular weight excluding hydrogens is 268 g/mol. The minimum Gasteiger partial charge on any atom is -0.398 e. The van der Waals surface area contributed by atoms with Gasteiger partial charge in [0.1, 0.15) is 0 Å². The molecule has 1 aromatic rings. The summed E-state index contributed by atoms with van der Waals surface area (Å²) in [6.07, 6.45) is 0.968. The Labute approximate surface area is 105 Å². The molecule has 0 saturated heterocycles. The van der Waals surface area contributed by atoms with Gasteiger partial charge in [0, 0.05) is 28.8 Å². The standard InChI is InChI=1S/C12H17BrN2O/c1-3-7-15(4-2)12(16)9-5-6-11(14)10(13)8-9/h5-6,8H,3-4,7,14H2,1-2H3. The lowest BCUT2D eigenvalue weighted by atomic mass is 10.2. The van der Waals surface area contributed by atoms with Crippen molar-refractivity contribution < 1.29 is 4.79 Å². The highest BCUT2D eigenvalue weighted by Gasteiger charge is 2.13. The second-order valence-corrected chi connectivity index (χ2v) is 4.48. The summed E-state index contributed by atoms with van der Waals surface area (Å²) in [5, 5.41) is 0. The highest BCUT2D eigenvalue weighted by molar-refractivity contribution is 9.10. The van der Waals surface area contributed by atoms with Gasteiger partial charge in [-0.05, 0) is 47.5 Å². The van der Waals surface area contributed by atoms with Gasteiger partial charge in [-0.2, -0.15) is 0 Å². The highest BCUT2D eigenvalue weighted by Crippen LogP contribution is 2.21. The van der Waals surface area contributed by atoms with E-state index in [4.69, 9.17) is 5.73 Å². The largest absolute Gasteiger partial charge is 0.398 e. The van der Waals surface area contributed by atoms with Crippen LogP contribution < -0.4 is 5.73 Å². The van der Waals surface area contributed by atoms with Crippen molar-refractivity contribution in [2.75, 3.05) is 18.8 Å². The van der Waals surface area contributed by atoms with E-state index in [1.54, 1.807) is 18.2 Å². The van der Waals surface area contributed by atoms with Gasteiger partial charge in [-0.15, -0.1) is 0 Å². The van der Waals surface area contributed by atoms with E-state index in [2.05, 4.69) is 22.9 Å². The minimum atomic E-state index is 0.0602. The number of amides is 1. The average Bonchev–Trinajstić information content (AvgIpc) is 2.28. The van der Waals surface area contributed by atoms with Gasteiger partial charge in [0.2, 0.25) is 0 Å². The summed E-state index contributed by atoms with van der Waals surface area (Å²) in [6, 6.07) is 5.29. The van der Waals surface area contributed by atoms with Crippen LogP contribution in [0, 0.1) is 0 Å². The number of nitrogens with two attached hydrogens (primary N) is 1. The predicted molar refractivity (Wildman–Crippen MR) is 70.4 cm³/mol. The Hall–Kier alpha value is -1.03. The molecule has 1 aromatic carbocycles. The molecule has 0 spiro atoms. The monoisotopic (exact) mass is 284 g/mol. The van der Waals surface area contributed by atoms with Crippen molar-refractivity contribution in [3.8, 4) is 0 Å². The predicted octanol–water partition coefficient (Wildman–Crippen LogP) is 2.90. The second kappa shape index (κ2) is 5.89. The summed E-state index contributed by atoms with van der Waals surface area (Å²) in [4.78, 5) is 13.9. The Kier molecular flexibility index (Phi) is 4.80. The molecule has 1 rings (SSSR count). The molecule has 4 heteroatoms. The van der Waals surface area contributed by atoms with E-state index in [1.807, 2.05) is 11.8 Å². The minimum absolute atomic E-state index is 0.0602. The van der Waals surface area contributed by atoms with Crippen molar-refractivity contribution in [2.45, 2.75) is 20.3 Å². The summed E-state index contributed by atoms with van der Waals surface area (Å²) in [5.41, 5.74) is 7.01. The van der Waals surface area contributed by atoms with Crippen LogP contribution in [-0.2, 0) is 0 Å². The Bertz CT molecular complexity index is 379.